The van der Waals surface area contributed by atoms with Gasteiger partial charge in [-0.3, -0.25) is 4.79 Å². The zero-order chi connectivity index (χ0) is 21.6. The summed E-state index contributed by atoms with van der Waals surface area (Å²) in [7, 11) is -2.14. The van der Waals surface area contributed by atoms with Gasteiger partial charge in [0, 0.05) is 19.5 Å². The quantitative estimate of drug-likeness (QED) is 0.670. The highest BCUT2D eigenvalue weighted by Crippen LogP contribution is 2.29. The molecule has 0 atom stereocenters. The molecule has 0 bridgehead atoms. The highest BCUT2D eigenvalue weighted by molar-refractivity contribution is 7.89. The van der Waals surface area contributed by atoms with Crippen molar-refractivity contribution < 1.29 is 17.9 Å². The fourth-order valence-corrected chi connectivity index (χ4v) is 4.73. The molecular weight excluding hydrogens is 388 g/mol. The van der Waals surface area contributed by atoms with E-state index in [1.54, 1.807) is 19.9 Å². The topological polar surface area (TPSA) is 75.7 Å². The Hall–Kier alpha value is -2.38. The molecule has 0 aliphatic rings. The first-order valence-electron chi connectivity index (χ1n) is 9.77. The van der Waals surface area contributed by atoms with Gasteiger partial charge >= 0.3 is 0 Å². The standard InChI is InChI=1S/C22H30N2O4S/c1-6-24(7-2)29(26,27)19-11-12-21(28-5)20(15-19)23-22(25)13-10-18-9-8-16(3)14-17(18)4/h8-9,11-12,14-15H,6-7,10,13H2,1-5H3,(H,23,25). The lowest BCUT2D eigenvalue weighted by atomic mass is 10.0. The Morgan fingerprint density at radius 2 is 1.76 bits per heavy atom. The summed E-state index contributed by atoms with van der Waals surface area (Å²) in [4.78, 5) is 12.6. The monoisotopic (exact) mass is 418 g/mol. The minimum absolute atomic E-state index is 0.131. The van der Waals surface area contributed by atoms with Gasteiger partial charge < -0.3 is 10.1 Å². The third kappa shape index (κ3) is 5.58. The average molecular weight is 419 g/mol. The Kier molecular flexibility index (Phi) is 7.81. The van der Waals surface area contributed by atoms with E-state index in [1.165, 1.54) is 29.1 Å². The Balaban J connectivity index is 2.19. The lowest BCUT2D eigenvalue weighted by Crippen LogP contribution is -2.30. The molecule has 0 aliphatic carbocycles. The number of hydrogen-bond donors (Lipinski definition) is 1. The fourth-order valence-electron chi connectivity index (χ4n) is 3.25. The summed E-state index contributed by atoms with van der Waals surface area (Å²) in [6.45, 7) is 8.41. The van der Waals surface area contributed by atoms with Crippen LogP contribution in [0.1, 0.15) is 37.0 Å². The van der Waals surface area contributed by atoms with Crippen molar-refractivity contribution in [3.8, 4) is 5.75 Å². The SMILES string of the molecule is CCN(CC)S(=O)(=O)c1ccc(OC)c(NC(=O)CCc2ccc(C)cc2C)c1. The van der Waals surface area contributed by atoms with Crippen molar-refractivity contribution in [2.24, 2.45) is 0 Å². The van der Waals surface area contributed by atoms with Crippen LogP contribution in [-0.4, -0.2) is 38.8 Å². The number of hydrogen-bond acceptors (Lipinski definition) is 4. The van der Waals surface area contributed by atoms with Crippen molar-refractivity contribution in [3.63, 3.8) is 0 Å². The summed E-state index contributed by atoms with van der Waals surface area (Å²) >= 11 is 0. The van der Waals surface area contributed by atoms with E-state index >= 15 is 0 Å². The second-order valence-corrected chi connectivity index (χ2v) is 8.87. The molecule has 29 heavy (non-hydrogen) atoms. The predicted molar refractivity (Wildman–Crippen MR) is 116 cm³/mol. The van der Waals surface area contributed by atoms with Crippen LogP contribution in [0.3, 0.4) is 0 Å². The zero-order valence-electron chi connectivity index (χ0n) is 17.8. The number of anilines is 1. The van der Waals surface area contributed by atoms with Gasteiger partial charge in [0.05, 0.1) is 17.7 Å². The maximum Gasteiger partial charge on any atom is 0.243 e. The summed E-state index contributed by atoms with van der Waals surface area (Å²) < 4.78 is 32.2. The number of carbonyl (C=O) groups is 1. The van der Waals surface area contributed by atoms with Gasteiger partial charge in [-0.15, -0.1) is 0 Å². The Labute approximate surface area is 173 Å². The van der Waals surface area contributed by atoms with Gasteiger partial charge in [-0.1, -0.05) is 37.6 Å². The molecule has 2 aromatic carbocycles. The molecule has 0 fully saturated rings. The summed E-state index contributed by atoms with van der Waals surface area (Å²) in [6, 6.07) is 10.7. The maximum atomic E-state index is 12.8. The number of amides is 1. The number of methoxy groups -OCH3 is 1. The number of aryl methyl sites for hydroxylation is 3. The van der Waals surface area contributed by atoms with E-state index in [2.05, 4.69) is 11.4 Å². The normalized spacial score (nSPS) is 11.5. The first-order chi connectivity index (χ1) is 13.7. The first-order valence-corrected chi connectivity index (χ1v) is 11.2. The van der Waals surface area contributed by atoms with Gasteiger partial charge in [-0.2, -0.15) is 4.31 Å². The average Bonchev–Trinajstić information content (AvgIpc) is 2.68. The fraction of sp³-hybridized carbons (Fsp3) is 0.409. The van der Waals surface area contributed by atoms with Crippen LogP contribution >= 0.6 is 0 Å². The Morgan fingerprint density at radius 3 is 2.34 bits per heavy atom. The molecule has 0 saturated carbocycles. The van der Waals surface area contributed by atoms with Gasteiger partial charge in [-0.25, -0.2) is 8.42 Å². The van der Waals surface area contributed by atoms with Gasteiger partial charge in [0.25, 0.3) is 0 Å². The number of carbonyl (C=O) groups excluding carboxylic acids is 1. The Morgan fingerprint density at radius 1 is 1.07 bits per heavy atom. The highest BCUT2D eigenvalue weighted by atomic mass is 32.2. The van der Waals surface area contributed by atoms with Crippen molar-refractivity contribution in [1.29, 1.82) is 0 Å². The molecule has 7 heteroatoms. The third-order valence-electron chi connectivity index (χ3n) is 4.91. The Bertz CT molecular complexity index is 967. The van der Waals surface area contributed by atoms with Crippen LogP contribution in [-0.2, 0) is 21.2 Å². The molecule has 1 amide bonds. The van der Waals surface area contributed by atoms with Crippen molar-refractivity contribution in [2.75, 3.05) is 25.5 Å². The third-order valence-corrected chi connectivity index (χ3v) is 6.95. The number of ether oxygens (including phenoxy) is 1. The van der Waals surface area contributed by atoms with E-state index in [0.29, 0.717) is 37.4 Å². The van der Waals surface area contributed by atoms with Crippen molar-refractivity contribution >= 4 is 21.6 Å². The summed E-state index contributed by atoms with van der Waals surface area (Å²) in [5.74, 6) is 0.226. The van der Waals surface area contributed by atoms with E-state index in [-0.39, 0.29) is 10.8 Å². The van der Waals surface area contributed by atoms with E-state index < -0.39 is 10.0 Å². The second kappa shape index (κ2) is 9.89. The number of nitrogens with one attached hydrogen (secondary N) is 1. The van der Waals surface area contributed by atoms with Gasteiger partial charge in [0.2, 0.25) is 15.9 Å². The predicted octanol–water partition coefficient (Wildman–Crippen LogP) is 3.91. The molecule has 0 unspecified atom stereocenters. The molecule has 6 nitrogen and oxygen atoms in total. The first kappa shape index (κ1) is 22.9. The maximum absolute atomic E-state index is 12.8. The molecule has 0 saturated heterocycles. The molecule has 0 spiro atoms. The number of rotatable bonds is 9. The van der Waals surface area contributed by atoms with Crippen LogP contribution in [0.5, 0.6) is 5.75 Å². The zero-order valence-corrected chi connectivity index (χ0v) is 18.6. The number of benzene rings is 2. The van der Waals surface area contributed by atoms with Crippen molar-refractivity contribution in [2.45, 2.75) is 45.4 Å². The van der Waals surface area contributed by atoms with Crippen LogP contribution in [0.15, 0.2) is 41.3 Å². The molecule has 158 valence electrons. The molecule has 0 aliphatic heterocycles. The van der Waals surface area contributed by atoms with E-state index in [0.717, 1.165) is 11.1 Å². The smallest absolute Gasteiger partial charge is 0.243 e. The molecule has 2 aromatic rings. The summed E-state index contributed by atoms with van der Waals surface area (Å²) in [6.07, 6.45) is 0.901. The van der Waals surface area contributed by atoms with Gasteiger partial charge in [0.15, 0.2) is 0 Å². The number of sulfonamides is 1. The molecule has 0 heterocycles. The van der Waals surface area contributed by atoms with Crippen molar-refractivity contribution in [1.82, 2.24) is 4.31 Å². The molecule has 0 radical (unpaired) electrons. The van der Waals surface area contributed by atoms with E-state index in [9.17, 15) is 13.2 Å². The minimum Gasteiger partial charge on any atom is -0.495 e. The van der Waals surface area contributed by atoms with E-state index in [4.69, 9.17) is 4.74 Å². The second-order valence-electron chi connectivity index (χ2n) is 6.93. The molecule has 0 aromatic heterocycles. The van der Waals surface area contributed by atoms with Crippen molar-refractivity contribution in [3.05, 3.63) is 53.1 Å². The largest absolute Gasteiger partial charge is 0.495 e. The molecule has 1 N–H and O–H groups in total. The van der Waals surface area contributed by atoms with Gasteiger partial charge in [0.1, 0.15) is 5.75 Å². The lowest BCUT2D eigenvalue weighted by molar-refractivity contribution is -0.116. The van der Waals surface area contributed by atoms with Crippen LogP contribution < -0.4 is 10.1 Å². The van der Waals surface area contributed by atoms with Crippen LogP contribution in [0.25, 0.3) is 0 Å². The number of nitrogens with zero attached hydrogens (tertiary/aromatic N) is 1. The van der Waals surface area contributed by atoms with E-state index in [1.807, 2.05) is 26.0 Å². The highest BCUT2D eigenvalue weighted by Gasteiger charge is 2.23. The molecule has 2 rings (SSSR count). The minimum atomic E-state index is -3.62. The van der Waals surface area contributed by atoms with Crippen LogP contribution in [0, 0.1) is 13.8 Å². The van der Waals surface area contributed by atoms with Crippen LogP contribution in [0.2, 0.25) is 0 Å². The van der Waals surface area contributed by atoms with Gasteiger partial charge in [-0.05, 0) is 49.6 Å². The lowest BCUT2D eigenvalue weighted by Gasteiger charge is -2.19. The van der Waals surface area contributed by atoms with Crippen LogP contribution in [0.4, 0.5) is 5.69 Å². The molecular formula is C22H30N2O4S. The summed E-state index contributed by atoms with van der Waals surface area (Å²) in [5.41, 5.74) is 3.82. The summed E-state index contributed by atoms with van der Waals surface area (Å²) in [5, 5.41) is 2.80.